The van der Waals surface area contributed by atoms with Crippen LogP contribution in [0.5, 0.6) is 0 Å². The lowest BCUT2D eigenvalue weighted by Gasteiger charge is -2.18. The van der Waals surface area contributed by atoms with E-state index in [2.05, 4.69) is 19.2 Å². The minimum Gasteiger partial charge on any atom is -0.389 e. The maximum Gasteiger partial charge on any atom is 0.234 e. The first-order valence-corrected chi connectivity index (χ1v) is 6.76. The number of hydrogen-bond donors (Lipinski definition) is 3. The summed E-state index contributed by atoms with van der Waals surface area (Å²) in [5.74, 6) is 0.612. The molecule has 0 saturated carbocycles. The fourth-order valence-electron chi connectivity index (χ4n) is 2.16. The molecule has 5 heteroatoms. The van der Waals surface area contributed by atoms with Gasteiger partial charge in [0.2, 0.25) is 5.91 Å². The van der Waals surface area contributed by atoms with Crippen LogP contribution in [0.3, 0.4) is 0 Å². The van der Waals surface area contributed by atoms with E-state index in [1.807, 2.05) is 6.92 Å². The number of hydrogen-bond acceptors (Lipinski definition) is 4. The molecule has 1 aliphatic heterocycles. The molecule has 1 rings (SSSR count). The Morgan fingerprint density at radius 3 is 2.28 bits per heavy atom. The Kier molecular flexibility index (Phi) is 6.05. The molecule has 18 heavy (non-hydrogen) atoms. The minimum atomic E-state index is -0.726. The number of carbonyl (C=O) groups excluding carboxylic acids is 1. The quantitative estimate of drug-likeness (QED) is 0.625. The molecule has 3 N–H and O–H groups in total. The largest absolute Gasteiger partial charge is 0.389 e. The maximum atomic E-state index is 11.8. The van der Waals surface area contributed by atoms with Gasteiger partial charge in [0, 0.05) is 19.1 Å². The molecule has 1 fully saturated rings. The van der Waals surface area contributed by atoms with E-state index >= 15 is 0 Å². The lowest BCUT2D eigenvalue weighted by atomic mass is 10.0. The zero-order valence-electron chi connectivity index (χ0n) is 11.6. The van der Waals surface area contributed by atoms with Crippen molar-refractivity contribution in [2.75, 3.05) is 19.6 Å². The van der Waals surface area contributed by atoms with Crippen LogP contribution in [0.2, 0.25) is 0 Å². The van der Waals surface area contributed by atoms with Crippen molar-refractivity contribution < 1.29 is 15.0 Å². The molecule has 0 aliphatic carbocycles. The second-order valence-corrected chi connectivity index (χ2v) is 5.77. The molecular formula is C13H26N2O3. The predicted octanol–water partition coefficient (Wildman–Crippen LogP) is -0.0353. The van der Waals surface area contributed by atoms with Gasteiger partial charge in [-0.1, -0.05) is 13.8 Å². The van der Waals surface area contributed by atoms with Crippen molar-refractivity contribution >= 4 is 5.91 Å². The monoisotopic (exact) mass is 258 g/mol. The van der Waals surface area contributed by atoms with Gasteiger partial charge in [-0.25, -0.2) is 0 Å². The summed E-state index contributed by atoms with van der Waals surface area (Å²) in [7, 11) is 0. The van der Waals surface area contributed by atoms with Gasteiger partial charge in [-0.3, -0.25) is 9.69 Å². The van der Waals surface area contributed by atoms with Gasteiger partial charge < -0.3 is 15.5 Å². The van der Waals surface area contributed by atoms with Crippen LogP contribution in [0.1, 0.15) is 33.6 Å². The number of carbonyl (C=O) groups is 1. The average Bonchev–Trinajstić information content (AvgIpc) is 2.54. The highest BCUT2D eigenvalue weighted by Crippen LogP contribution is 2.09. The molecule has 5 nitrogen and oxygen atoms in total. The molecule has 0 radical (unpaired) electrons. The Labute approximate surface area is 109 Å². The number of rotatable bonds is 6. The van der Waals surface area contributed by atoms with Gasteiger partial charge >= 0.3 is 0 Å². The summed E-state index contributed by atoms with van der Waals surface area (Å²) in [5, 5.41) is 21.7. The number of likely N-dealkylation sites (tertiary alicyclic amines) is 1. The summed E-state index contributed by atoms with van der Waals surface area (Å²) in [6, 6.07) is 0.178. The highest BCUT2D eigenvalue weighted by atomic mass is 16.3. The van der Waals surface area contributed by atoms with Crippen LogP contribution in [-0.4, -0.2) is 58.9 Å². The fraction of sp³-hybridized carbons (Fsp3) is 0.923. The van der Waals surface area contributed by atoms with Crippen molar-refractivity contribution in [2.45, 2.75) is 51.9 Å². The first kappa shape index (κ1) is 15.4. The average molecular weight is 258 g/mol. The third-order valence-corrected chi connectivity index (χ3v) is 3.29. The molecule has 1 unspecified atom stereocenters. The number of amides is 1. The Morgan fingerprint density at radius 2 is 1.78 bits per heavy atom. The Balaban J connectivity index is 2.21. The summed E-state index contributed by atoms with van der Waals surface area (Å²) in [5.41, 5.74) is 0. The van der Waals surface area contributed by atoms with Gasteiger partial charge in [0.25, 0.3) is 0 Å². The Morgan fingerprint density at radius 1 is 1.22 bits per heavy atom. The highest BCUT2D eigenvalue weighted by Gasteiger charge is 2.30. The summed E-state index contributed by atoms with van der Waals surface area (Å²) in [6.45, 7) is 7.33. The molecule has 3 atom stereocenters. The highest BCUT2D eigenvalue weighted by molar-refractivity contribution is 5.78. The molecule has 1 saturated heterocycles. The van der Waals surface area contributed by atoms with Crippen molar-refractivity contribution in [3.05, 3.63) is 0 Å². The lowest BCUT2D eigenvalue weighted by Crippen LogP contribution is -2.40. The summed E-state index contributed by atoms with van der Waals surface area (Å²) >= 11 is 0. The zero-order chi connectivity index (χ0) is 13.7. The molecule has 0 aromatic rings. The number of aliphatic hydroxyl groups is 2. The molecule has 106 valence electrons. The van der Waals surface area contributed by atoms with E-state index in [4.69, 9.17) is 0 Å². The zero-order valence-corrected chi connectivity index (χ0v) is 11.6. The molecule has 1 aliphatic rings. The third-order valence-electron chi connectivity index (χ3n) is 3.29. The van der Waals surface area contributed by atoms with Gasteiger partial charge in [0.05, 0.1) is 18.8 Å². The van der Waals surface area contributed by atoms with E-state index < -0.39 is 12.2 Å². The van der Waals surface area contributed by atoms with Gasteiger partial charge in [-0.2, -0.15) is 0 Å². The first-order chi connectivity index (χ1) is 8.38. The topological polar surface area (TPSA) is 72.8 Å². The van der Waals surface area contributed by atoms with Crippen LogP contribution in [0.25, 0.3) is 0 Å². The van der Waals surface area contributed by atoms with Crippen LogP contribution in [0.15, 0.2) is 0 Å². The minimum absolute atomic E-state index is 0.0347. The van der Waals surface area contributed by atoms with Gasteiger partial charge in [-0.05, 0) is 25.7 Å². The van der Waals surface area contributed by atoms with Crippen LogP contribution in [0.4, 0.5) is 0 Å². The van der Waals surface area contributed by atoms with E-state index in [0.717, 1.165) is 12.8 Å². The number of nitrogens with one attached hydrogen (secondary N) is 1. The van der Waals surface area contributed by atoms with Crippen LogP contribution in [0, 0.1) is 5.92 Å². The molecule has 0 aromatic carbocycles. The summed E-state index contributed by atoms with van der Waals surface area (Å²) in [4.78, 5) is 13.5. The standard InChI is InChI=1S/C13H26N2O3/c1-9(2)4-5-10(3)14-13(18)8-15-6-11(16)12(17)7-15/h9-12,16-17H,4-8H2,1-3H3,(H,14,18)/t10?,11-,12+. The van der Waals surface area contributed by atoms with Crippen molar-refractivity contribution in [2.24, 2.45) is 5.92 Å². The third kappa shape index (κ3) is 5.33. The predicted molar refractivity (Wildman–Crippen MR) is 70.1 cm³/mol. The normalized spacial score (nSPS) is 26.6. The molecule has 0 bridgehead atoms. The summed E-state index contributed by atoms with van der Waals surface area (Å²) in [6.07, 6.45) is 0.629. The molecule has 1 amide bonds. The molecular weight excluding hydrogens is 232 g/mol. The van der Waals surface area contributed by atoms with Crippen molar-refractivity contribution in [1.82, 2.24) is 10.2 Å². The number of aliphatic hydroxyl groups excluding tert-OH is 2. The van der Waals surface area contributed by atoms with Gasteiger partial charge in [0.15, 0.2) is 0 Å². The van der Waals surface area contributed by atoms with Gasteiger partial charge in [-0.15, -0.1) is 0 Å². The maximum absolute atomic E-state index is 11.8. The SMILES string of the molecule is CC(C)CCC(C)NC(=O)CN1C[C@@H](O)[C@@H](O)C1. The van der Waals surface area contributed by atoms with Crippen molar-refractivity contribution in [3.8, 4) is 0 Å². The van der Waals surface area contributed by atoms with Crippen molar-refractivity contribution in [3.63, 3.8) is 0 Å². The number of β-amino-alcohol motifs (C(OH)–C–C–N with tert-alkyl or cyclic N) is 2. The van der Waals surface area contributed by atoms with E-state index in [-0.39, 0.29) is 18.5 Å². The molecule has 0 spiro atoms. The molecule has 0 aromatic heterocycles. The lowest BCUT2D eigenvalue weighted by molar-refractivity contribution is -0.122. The molecule has 1 heterocycles. The van der Waals surface area contributed by atoms with Crippen LogP contribution < -0.4 is 5.32 Å². The van der Waals surface area contributed by atoms with Crippen LogP contribution >= 0.6 is 0 Å². The summed E-state index contributed by atoms with van der Waals surface area (Å²) < 4.78 is 0. The second-order valence-electron chi connectivity index (χ2n) is 5.77. The van der Waals surface area contributed by atoms with E-state index in [9.17, 15) is 15.0 Å². The first-order valence-electron chi connectivity index (χ1n) is 6.76. The fourth-order valence-corrected chi connectivity index (χ4v) is 2.16. The van der Waals surface area contributed by atoms with Crippen LogP contribution in [-0.2, 0) is 4.79 Å². The van der Waals surface area contributed by atoms with E-state index in [0.29, 0.717) is 19.0 Å². The number of nitrogens with zero attached hydrogens (tertiary/aromatic N) is 1. The van der Waals surface area contributed by atoms with E-state index in [1.54, 1.807) is 4.90 Å². The van der Waals surface area contributed by atoms with Crippen molar-refractivity contribution in [1.29, 1.82) is 0 Å². The second kappa shape index (κ2) is 7.07. The van der Waals surface area contributed by atoms with E-state index in [1.165, 1.54) is 0 Å². The van der Waals surface area contributed by atoms with Gasteiger partial charge in [0.1, 0.15) is 0 Å². The Hall–Kier alpha value is -0.650. The smallest absolute Gasteiger partial charge is 0.234 e. The Bertz CT molecular complexity index is 261.